The average molecular weight is 393 g/mol. The van der Waals surface area contributed by atoms with Crippen LogP contribution in [0.5, 0.6) is 11.5 Å². The summed E-state index contributed by atoms with van der Waals surface area (Å²) in [7, 11) is 3.30. The van der Waals surface area contributed by atoms with E-state index in [1.54, 1.807) is 26.7 Å². The standard InChI is InChI=1S/C23H27N3O3/c1-28-21-8-3-17(13-22(21)29-2)9-11-25-14-19(15-25)23(27)18-4-6-20(7-5-18)26-12-10-24-16-26/h3-8,10,12-13,16,19,23,27H,9,11,14-15H2,1-2H3. The van der Waals surface area contributed by atoms with Crippen molar-refractivity contribution in [3.8, 4) is 17.2 Å². The monoisotopic (exact) mass is 393 g/mol. The molecule has 1 aromatic heterocycles. The van der Waals surface area contributed by atoms with Gasteiger partial charge in [0.05, 0.1) is 26.7 Å². The van der Waals surface area contributed by atoms with Crippen molar-refractivity contribution in [3.05, 3.63) is 72.3 Å². The third kappa shape index (κ3) is 4.28. The lowest BCUT2D eigenvalue weighted by molar-refractivity contribution is -0.00436. The Morgan fingerprint density at radius 2 is 1.83 bits per heavy atom. The van der Waals surface area contributed by atoms with E-state index in [2.05, 4.69) is 16.0 Å². The molecule has 6 nitrogen and oxygen atoms in total. The van der Waals surface area contributed by atoms with E-state index in [0.29, 0.717) is 0 Å². The second-order valence-electron chi connectivity index (χ2n) is 7.47. The maximum absolute atomic E-state index is 10.7. The van der Waals surface area contributed by atoms with Crippen LogP contribution in [0.4, 0.5) is 0 Å². The molecular weight excluding hydrogens is 366 g/mol. The van der Waals surface area contributed by atoms with E-state index in [9.17, 15) is 5.11 Å². The van der Waals surface area contributed by atoms with Crippen LogP contribution in [-0.2, 0) is 6.42 Å². The van der Waals surface area contributed by atoms with Crippen LogP contribution in [0.15, 0.2) is 61.2 Å². The largest absolute Gasteiger partial charge is 0.493 e. The molecule has 3 aromatic rings. The van der Waals surface area contributed by atoms with Gasteiger partial charge < -0.3 is 24.0 Å². The molecule has 0 bridgehead atoms. The molecule has 0 radical (unpaired) electrons. The minimum Gasteiger partial charge on any atom is -0.493 e. The molecule has 1 saturated heterocycles. The molecule has 1 aliphatic heterocycles. The molecule has 2 heterocycles. The van der Waals surface area contributed by atoms with Crippen LogP contribution in [0.3, 0.4) is 0 Å². The first-order valence-corrected chi connectivity index (χ1v) is 9.87. The van der Waals surface area contributed by atoms with E-state index in [4.69, 9.17) is 9.47 Å². The Bertz CT molecular complexity index is 919. The fourth-order valence-electron chi connectivity index (χ4n) is 3.84. The predicted molar refractivity (Wildman–Crippen MR) is 112 cm³/mol. The molecule has 1 unspecified atom stereocenters. The Balaban J connectivity index is 1.27. The summed E-state index contributed by atoms with van der Waals surface area (Å²) in [4.78, 5) is 6.45. The predicted octanol–water partition coefficient (Wildman–Crippen LogP) is 3.10. The quantitative estimate of drug-likeness (QED) is 0.637. The Kier molecular flexibility index (Phi) is 5.83. The molecule has 1 aliphatic rings. The number of aliphatic hydroxyl groups is 1. The number of hydrogen-bond acceptors (Lipinski definition) is 5. The van der Waals surface area contributed by atoms with Crippen molar-refractivity contribution < 1.29 is 14.6 Å². The van der Waals surface area contributed by atoms with Crippen molar-refractivity contribution in [2.75, 3.05) is 33.9 Å². The molecule has 0 aliphatic carbocycles. The number of aliphatic hydroxyl groups excluding tert-OH is 1. The van der Waals surface area contributed by atoms with Crippen molar-refractivity contribution in [1.82, 2.24) is 14.5 Å². The molecule has 0 amide bonds. The zero-order valence-electron chi connectivity index (χ0n) is 16.9. The van der Waals surface area contributed by atoms with Crippen molar-refractivity contribution in [2.45, 2.75) is 12.5 Å². The van der Waals surface area contributed by atoms with E-state index in [1.165, 1.54) is 5.56 Å². The fraction of sp³-hybridized carbons (Fsp3) is 0.348. The minimum atomic E-state index is -0.427. The van der Waals surface area contributed by atoms with Crippen LogP contribution < -0.4 is 9.47 Å². The number of hydrogen-bond donors (Lipinski definition) is 1. The van der Waals surface area contributed by atoms with Crippen LogP contribution in [0.2, 0.25) is 0 Å². The van der Waals surface area contributed by atoms with Crippen LogP contribution in [0.25, 0.3) is 5.69 Å². The smallest absolute Gasteiger partial charge is 0.160 e. The lowest BCUT2D eigenvalue weighted by atomic mass is 9.88. The van der Waals surface area contributed by atoms with E-state index >= 15 is 0 Å². The van der Waals surface area contributed by atoms with E-state index in [0.717, 1.165) is 48.8 Å². The second-order valence-corrected chi connectivity index (χ2v) is 7.47. The summed E-state index contributed by atoms with van der Waals surface area (Å²) >= 11 is 0. The lowest BCUT2D eigenvalue weighted by Crippen LogP contribution is -2.49. The van der Waals surface area contributed by atoms with Crippen molar-refractivity contribution in [1.29, 1.82) is 0 Å². The van der Waals surface area contributed by atoms with Gasteiger partial charge in [0, 0.05) is 43.6 Å². The first-order valence-electron chi connectivity index (χ1n) is 9.87. The van der Waals surface area contributed by atoms with Gasteiger partial charge in [0.25, 0.3) is 0 Å². The molecule has 1 N–H and O–H groups in total. The van der Waals surface area contributed by atoms with E-state index in [1.807, 2.05) is 47.2 Å². The number of ether oxygens (including phenoxy) is 2. The summed E-state index contributed by atoms with van der Waals surface area (Å²) in [6.45, 7) is 2.80. The number of methoxy groups -OCH3 is 2. The van der Waals surface area contributed by atoms with Crippen molar-refractivity contribution >= 4 is 0 Å². The van der Waals surface area contributed by atoms with Gasteiger partial charge in [-0.15, -0.1) is 0 Å². The normalized spacial score (nSPS) is 15.7. The van der Waals surface area contributed by atoms with Crippen LogP contribution in [0.1, 0.15) is 17.2 Å². The molecule has 29 heavy (non-hydrogen) atoms. The Labute approximate surface area is 171 Å². The summed E-state index contributed by atoms with van der Waals surface area (Å²) < 4.78 is 12.6. The second kappa shape index (κ2) is 8.68. The number of rotatable bonds is 8. The SMILES string of the molecule is COc1ccc(CCN2CC(C(O)c3ccc(-n4ccnc4)cc3)C2)cc1OC. The maximum Gasteiger partial charge on any atom is 0.160 e. The van der Waals surface area contributed by atoms with Crippen LogP contribution >= 0.6 is 0 Å². The molecule has 6 heteroatoms. The number of imidazole rings is 1. The topological polar surface area (TPSA) is 59.8 Å². The van der Waals surface area contributed by atoms with Crippen molar-refractivity contribution in [3.63, 3.8) is 0 Å². The molecule has 1 atom stereocenters. The Morgan fingerprint density at radius 1 is 1.07 bits per heavy atom. The summed E-state index contributed by atoms with van der Waals surface area (Å²) in [5.41, 5.74) is 3.24. The van der Waals surface area contributed by atoms with Gasteiger partial charge in [-0.2, -0.15) is 0 Å². The molecule has 152 valence electrons. The van der Waals surface area contributed by atoms with E-state index < -0.39 is 6.10 Å². The zero-order valence-corrected chi connectivity index (χ0v) is 16.9. The summed E-state index contributed by atoms with van der Waals surface area (Å²) in [6, 6.07) is 14.1. The third-order valence-corrected chi connectivity index (χ3v) is 5.63. The third-order valence-electron chi connectivity index (χ3n) is 5.63. The fourth-order valence-corrected chi connectivity index (χ4v) is 3.84. The summed E-state index contributed by atoms with van der Waals surface area (Å²) in [5.74, 6) is 1.79. The highest BCUT2D eigenvalue weighted by Crippen LogP contribution is 2.31. The van der Waals surface area contributed by atoms with Gasteiger partial charge in [0.1, 0.15) is 0 Å². The molecule has 0 spiro atoms. The lowest BCUT2D eigenvalue weighted by Gasteiger charge is -2.42. The Hall–Kier alpha value is -2.83. The van der Waals surface area contributed by atoms with Gasteiger partial charge in [-0.3, -0.25) is 0 Å². The van der Waals surface area contributed by atoms with Crippen molar-refractivity contribution in [2.24, 2.45) is 5.92 Å². The molecule has 0 saturated carbocycles. The Morgan fingerprint density at radius 3 is 2.48 bits per heavy atom. The molecule has 2 aromatic carbocycles. The first-order chi connectivity index (χ1) is 14.2. The highest BCUT2D eigenvalue weighted by Gasteiger charge is 2.32. The number of benzene rings is 2. The van der Waals surface area contributed by atoms with Gasteiger partial charge in [-0.25, -0.2) is 4.98 Å². The van der Waals surface area contributed by atoms with Gasteiger partial charge in [-0.1, -0.05) is 18.2 Å². The summed E-state index contributed by atoms with van der Waals surface area (Å²) in [6.07, 6.45) is 5.96. The molecule has 4 rings (SSSR count). The van der Waals surface area contributed by atoms with Gasteiger partial charge in [0.15, 0.2) is 11.5 Å². The highest BCUT2D eigenvalue weighted by atomic mass is 16.5. The first kappa shape index (κ1) is 19.5. The number of nitrogens with zero attached hydrogens (tertiary/aromatic N) is 3. The van der Waals surface area contributed by atoms with Crippen LogP contribution in [0, 0.1) is 5.92 Å². The minimum absolute atomic E-state index is 0.277. The number of likely N-dealkylation sites (tertiary alicyclic amines) is 1. The number of aromatic nitrogens is 2. The highest BCUT2D eigenvalue weighted by molar-refractivity contribution is 5.43. The molecular formula is C23H27N3O3. The molecule has 1 fully saturated rings. The van der Waals surface area contributed by atoms with Gasteiger partial charge in [-0.05, 0) is 41.8 Å². The summed E-state index contributed by atoms with van der Waals surface area (Å²) in [5, 5.41) is 10.7. The zero-order chi connectivity index (χ0) is 20.2. The maximum atomic E-state index is 10.7. The van der Waals surface area contributed by atoms with E-state index in [-0.39, 0.29) is 5.92 Å². The van der Waals surface area contributed by atoms with Gasteiger partial charge in [0.2, 0.25) is 0 Å². The van der Waals surface area contributed by atoms with Gasteiger partial charge >= 0.3 is 0 Å². The van der Waals surface area contributed by atoms with Crippen LogP contribution in [-0.4, -0.2) is 53.4 Å². The average Bonchev–Trinajstić information content (AvgIpc) is 3.27.